The molecule has 0 aromatic rings. The van der Waals surface area contributed by atoms with Crippen LogP contribution in [0.25, 0.3) is 0 Å². The summed E-state index contributed by atoms with van der Waals surface area (Å²) in [6.07, 6.45) is 26.0. The average molecular weight is 355 g/mol. The summed E-state index contributed by atoms with van der Waals surface area (Å²) in [7, 11) is 7.21. The molecule has 0 spiro atoms. The zero-order valence-electron chi connectivity index (χ0n) is 18.8. The third kappa shape index (κ3) is 17.1. The highest BCUT2D eigenvalue weighted by Crippen LogP contribution is 2.20. The number of hydrogen-bond donors (Lipinski definition) is 0. The van der Waals surface area contributed by atoms with Gasteiger partial charge in [-0.05, 0) is 25.7 Å². The molecule has 25 heavy (non-hydrogen) atoms. The summed E-state index contributed by atoms with van der Waals surface area (Å²) in [5.41, 5.74) is 0. The topological polar surface area (TPSA) is 0 Å². The molecular weight excluding hydrogens is 302 g/mol. The lowest BCUT2D eigenvalue weighted by atomic mass is 9.98. The van der Waals surface area contributed by atoms with Crippen molar-refractivity contribution in [2.24, 2.45) is 0 Å². The van der Waals surface area contributed by atoms with Gasteiger partial charge in [-0.1, -0.05) is 104 Å². The molecule has 0 aromatic heterocycles. The molecule has 0 atom stereocenters. The summed E-state index contributed by atoms with van der Waals surface area (Å²) in [4.78, 5) is 0. The number of quaternary nitrogens is 1. The van der Waals surface area contributed by atoms with Crippen molar-refractivity contribution < 1.29 is 4.48 Å². The van der Waals surface area contributed by atoms with Crippen molar-refractivity contribution in [2.75, 3.05) is 21.1 Å². The molecule has 0 unspecified atom stereocenters. The van der Waals surface area contributed by atoms with Crippen molar-refractivity contribution in [3.8, 4) is 0 Å². The lowest BCUT2D eigenvalue weighted by Gasteiger charge is -2.34. The Balaban J connectivity index is 3.67. The molecule has 0 N–H and O–H groups in total. The minimum absolute atomic E-state index is 0.875. The van der Waals surface area contributed by atoms with Crippen LogP contribution in [-0.4, -0.2) is 31.7 Å². The predicted molar refractivity (Wildman–Crippen MR) is 116 cm³/mol. The Morgan fingerprint density at radius 2 is 0.720 bits per heavy atom. The van der Waals surface area contributed by atoms with Gasteiger partial charge in [-0.3, -0.25) is 0 Å². The fraction of sp³-hybridized carbons (Fsp3) is 1.00. The van der Waals surface area contributed by atoms with Crippen LogP contribution >= 0.6 is 0 Å². The second-order valence-corrected chi connectivity index (χ2v) is 9.30. The van der Waals surface area contributed by atoms with Crippen LogP contribution in [0.15, 0.2) is 0 Å². The van der Waals surface area contributed by atoms with Crippen LogP contribution < -0.4 is 0 Å². The fourth-order valence-electron chi connectivity index (χ4n) is 3.95. The molecule has 0 aromatic carbocycles. The summed E-state index contributed by atoms with van der Waals surface area (Å²) in [5, 5.41) is 0. The van der Waals surface area contributed by atoms with Crippen molar-refractivity contribution in [3.63, 3.8) is 0 Å². The molecule has 0 amide bonds. The van der Waals surface area contributed by atoms with Gasteiger partial charge in [0.15, 0.2) is 0 Å². The van der Waals surface area contributed by atoms with E-state index in [0.717, 1.165) is 10.5 Å². The molecule has 0 rings (SSSR count). The van der Waals surface area contributed by atoms with E-state index < -0.39 is 0 Å². The molecule has 0 bridgehead atoms. The third-order valence-electron chi connectivity index (χ3n) is 5.88. The first-order valence-corrected chi connectivity index (χ1v) is 11.8. The minimum Gasteiger partial charge on any atom is -0.328 e. The van der Waals surface area contributed by atoms with Crippen molar-refractivity contribution in [3.05, 3.63) is 0 Å². The van der Waals surface area contributed by atoms with Crippen molar-refractivity contribution in [1.29, 1.82) is 0 Å². The normalized spacial score (nSPS) is 12.2. The zero-order valence-corrected chi connectivity index (χ0v) is 18.8. The molecule has 0 saturated carbocycles. The van der Waals surface area contributed by atoms with Crippen LogP contribution in [-0.2, 0) is 0 Å². The smallest absolute Gasteiger partial charge is 0.0884 e. The molecule has 1 nitrogen and oxygen atoms in total. The maximum absolute atomic E-state index is 2.40. The van der Waals surface area contributed by atoms with Gasteiger partial charge in [-0.15, -0.1) is 0 Å². The lowest BCUT2D eigenvalue weighted by molar-refractivity contribution is -0.896. The molecule has 0 aliphatic heterocycles. The van der Waals surface area contributed by atoms with Gasteiger partial charge in [0.1, 0.15) is 0 Å². The second kappa shape index (κ2) is 17.4. The summed E-state index contributed by atoms with van der Waals surface area (Å²) in [6.45, 7) is 4.61. The van der Waals surface area contributed by atoms with E-state index in [2.05, 4.69) is 35.0 Å². The van der Waals surface area contributed by atoms with Gasteiger partial charge < -0.3 is 4.48 Å². The van der Waals surface area contributed by atoms with Gasteiger partial charge in [0.25, 0.3) is 0 Å². The van der Waals surface area contributed by atoms with E-state index in [0.29, 0.717) is 0 Å². The van der Waals surface area contributed by atoms with E-state index in [-0.39, 0.29) is 0 Å². The van der Waals surface area contributed by atoms with Crippen LogP contribution in [0.4, 0.5) is 0 Å². The summed E-state index contributed by atoms with van der Waals surface area (Å²) in [6, 6.07) is 0.875. The number of hydrogen-bond acceptors (Lipinski definition) is 0. The second-order valence-electron chi connectivity index (χ2n) is 9.30. The van der Waals surface area contributed by atoms with E-state index in [1.165, 1.54) is 116 Å². The van der Waals surface area contributed by atoms with Gasteiger partial charge in [0, 0.05) is 0 Å². The Bertz CT molecular complexity index is 233. The van der Waals surface area contributed by atoms with Gasteiger partial charge in [-0.2, -0.15) is 0 Å². The first-order valence-electron chi connectivity index (χ1n) is 11.8. The van der Waals surface area contributed by atoms with Crippen LogP contribution in [0, 0.1) is 0 Å². The number of rotatable bonds is 19. The maximum Gasteiger partial charge on any atom is 0.0884 e. The van der Waals surface area contributed by atoms with Crippen LogP contribution in [0.1, 0.15) is 129 Å². The minimum atomic E-state index is 0.875. The Kier molecular flexibility index (Phi) is 17.3. The SMILES string of the molecule is CCCCCCCCCCC(CCCCCCCCCC)[N+](C)(C)C. The Morgan fingerprint density at radius 1 is 0.440 bits per heavy atom. The van der Waals surface area contributed by atoms with E-state index in [1.54, 1.807) is 0 Å². The zero-order chi connectivity index (χ0) is 18.8. The molecule has 0 heterocycles. The average Bonchev–Trinajstić information content (AvgIpc) is 2.56. The summed E-state index contributed by atoms with van der Waals surface area (Å²) < 4.78 is 1.16. The van der Waals surface area contributed by atoms with Crippen LogP contribution in [0.5, 0.6) is 0 Å². The van der Waals surface area contributed by atoms with Gasteiger partial charge in [0.05, 0.1) is 27.2 Å². The Hall–Kier alpha value is -0.0400. The van der Waals surface area contributed by atoms with Crippen LogP contribution in [0.3, 0.4) is 0 Å². The number of nitrogens with zero attached hydrogens (tertiary/aromatic N) is 1. The summed E-state index contributed by atoms with van der Waals surface area (Å²) in [5.74, 6) is 0. The molecular formula is C24H52N+. The summed E-state index contributed by atoms with van der Waals surface area (Å²) >= 11 is 0. The molecule has 0 saturated heterocycles. The highest BCUT2D eigenvalue weighted by molar-refractivity contribution is 4.60. The van der Waals surface area contributed by atoms with Gasteiger partial charge >= 0.3 is 0 Å². The standard InChI is InChI=1S/C24H52N/c1-6-8-10-12-14-16-18-20-22-24(25(3,4)5)23-21-19-17-15-13-11-9-7-2/h24H,6-23H2,1-5H3/q+1. The van der Waals surface area contributed by atoms with Crippen molar-refractivity contribution in [1.82, 2.24) is 0 Å². The maximum atomic E-state index is 2.40. The van der Waals surface area contributed by atoms with Crippen molar-refractivity contribution >= 4 is 0 Å². The number of unbranched alkanes of at least 4 members (excludes halogenated alkanes) is 14. The monoisotopic (exact) mass is 354 g/mol. The van der Waals surface area contributed by atoms with Gasteiger partial charge in [0.2, 0.25) is 0 Å². The Labute approximate surface area is 161 Å². The molecule has 1 heteroatoms. The highest BCUT2D eigenvalue weighted by atomic mass is 15.3. The van der Waals surface area contributed by atoms with Crippen molar-refractivity contribution in [2.45, 2.75) is 135 Å². The van der Waals surface area contributed by atoms with E-state index in [4.69, 9.17) is 0 Å². The Morgan fingerprint density at radius 3 is 1.00 bits per heavy atom. The predicted octanol–water partition coefficient (Wildman–Crippen LogP) is 8.12. The molecule has 0 fully saturated rings. The van der Waals surface area contributed by atoms with E-state index in [9.17, 15) is 0 Å². The lowest BCUT2D eigenvalue weighted by Crippen LogP contribution is -2.45. The highest BCUT2D eigenvalue weighted by Gasteiger charge is 2.22. The molecule has 0 aliphatic rings. The van der Waals surface area contributed by atoms with E-state index in [1.807, 2.05) is 0 Å². The first-order chi connectivity index (χ1) is 12.0. The molecule has 0 radical (unpaired) electrons. The first kappa shape index (κ1) is 25.0. The molecule has 152 valence electrons. The van der Waals surface area contributed by atoms with Gasteiger partial charge in [-0.25, -0.2) is 0 Å². The van der Waals surface area contributed by atoms with Crippen LogP contribution in [0.2, 0.25) is 0 Å². The molecule has 0 aliphatic carbocycles. The quantitative estimate of drug-likeness (QED) is 0.162. The third-order valence-corrected chi connectivity index (χ3v) is 5.88. The largest absolute Gasteiger partial charge is 0.328 e. The fourth-order valence-corrected chi connectivity index (χ4v) is 3.95. The van der Waals surface area contributed by atoms with E-state index >= 15 is 0 Å².